The van der Waals surface area contributed by atoms with Crippen LogP contribution in [0.1, 0.15) is 33.9 Å². The molecule has 9 heteroatoms. The van der Waals surface area contributed by atoms with Crippen LogP contribution in [-0.2, 0) is 19.4 Å². The van der Waals surface area contributed by atoms with Gasteiger partial charge in [-0.25, -0.2) is 14.1 Å². The predicted molar refractivity (Wildman–Crippen MR) is 120 cm³/mol. The van der Waals surface area contributed by atoms with Crippen molar-refractivity contribution < 1.29 is 9.18 Å². The number of anilines is 1. The molecule has 0 aliphatic heterocycles. The van der Waals surface area contributed by atoms with Gasteiger partial charge < -0.3 is 9.72 Å². The second kappa shape index (κ2) is 7.70. The molecule has 0 fully saturated rings. The van der Waals surface area contributed by atoms with E-state index >= 15 is 0 Å². The Morgan fingerprint density at radius 2 is 1.97 bits per heavy atom. The number of nitrogens with zero attached hydrogens (tertiary/aromatic N) is 6. The number of hydrogen-bond acceptors (Lipinski definition) is 4. The van der Waals surface area contributed by atoms with Gasteiger partial charge in [-0.1, -0.05) is 6.07 Å². The molecule has 0 radical (unpaired) electrons. The Morgan fingerprint density at radius 1 is 1.09 bits per heavy atom. The molecule has 1 aromatic carbocycles. The van der Waals surface area contributed by atoms with E-state index in [0.717, 1.165) is 47.5 Å². The number of nitrogens with one attached hydrogen (secondary N) is 1. The van der Waals surface area contributed by atoms with Crippen LogP contribution in [0.2, 0.25) is 0 Å². The van der Waals surface area contributed by atoms with Gasteiger partial charge in [-0.3, -0.25) is 9.48 Å². The standard InChI is InChI=1S/C24H20FN7O/c25-16-7-9-19(10-8-16)32-21-5-3-4-20(21)23(29-32)24(33)28-17-12-26-31(14-17)15-18-13-30-11-2-1-6-22(30)27-18/h1-2,6-14H,3-5,15H2,(H,28,33). The predicted octanol–water partition coefficient (Wildman–Crippen LogP) is 3.64. The zero-order valence-corrected chi connectivity index (χ0v) is 17.6. The molecule has 33 heavy (non-hydrogen) atoms. The average molecular weight is 441 g/mol. The van der Waals surface area contributed by atoms with Crippen molar-refractivity contribution in [3.63, 3.8) is 0 Å². The van der Waals surface area contributed by atoms with Gasteiger partial charge in [0.15, 0.2) is 5.69 Å². The normalized spacial score (nSPS) is 12.9. The van der Waals surface area contributed by atoms with Gasteiger partial charge in [0.25, 0.3) is 5.91 Å². The van der Waals surface area contributed by atoms with E-state index < -0.39 is 0 Å². The Kier molecular flexibility index (Phi) is 4.53. The fourth-order valence-corrected chi connectivity index (χ4v) is 4.35. The smallest absolute Gasteiger partial charge is 0.276 e. The molecule has 0 spiro atoms. The third-order valence-corrected chi connectivity index (χ3v) is 5.85. The number of halogens is 1. The summed E-state index contributed by atoms with van der Waals surface area (Å²) in [6.07, 6.45) is 9.90. The lowest BCUT2D eigenvalue weighted by Crippen LogP contribution is -2.14. The van der Waals surface area contributed by atoms with Crippen LogP contribution in [0, 0.1) is 5.82 Å². The molecule has 0 bridgehead atoms. The number of rotatable bonds is 5. The molecular formula is C24H20FN7O. The number of pyridine rings is 1. The molecule has 6 rings (SSSR count). The van der Waals surface area contributed by atoms with Crippen molar-refractivity contribution in [3.8, 4) is 5.69 Å². The van der Waals surface area contributed by atoms with Crippen molar-refractivity contribution in [2.24, 2.45) is 0 Å². The lowest BCUT2D eigenvalue weighted by Gasteiger charge is -2.05. The van der Waals surface area contributed by atoms with Crippen LogP contribution in [0.25, 0.3) is 11.3 Å². The van der Waals surface area contributed by atoms with Crippen LogP contribution in [0.5, 0.6) is 0 Å². The first-order valence-electron chi connectivity index (χ1n) is 10.8. The highest BCUT2D eigenvalue weighted by molar-refractivity contribution is 6.04. The van der Waals surface area contributed by atoms with Crippen molar-refractivity contribution in [3.05, 3.63) is 95.7 Å². The number of imidazole rings is 1. The molecule has 0 atom stereocenters. The van der Waals surface area contributed by atoms with Gasteiger partial charge >= 0.3 is 0 Å². The fraction of sp³-hybridized carbons (Fsp3) is 0.167. The maximum atomic E-state index is 13.3. The highest BCUT2D eigenvalue weighted by atomic mass is 19.1. The summed E-state index contributed by atoms with van der Waals surface area (Å²) in [6, 6.07) is 12.0. The van der Waals surface area contributed by atoms with Crippen molar-refractivity contribution in [2.75, 3.05) is 5.32 Å². The van der Waals surface area contributed by atoms with Gasteiger partial charge in [0.2, 0.25) is 0 Å². The zero-order chi connectivity index (χ0) is 22.4. The van der Waals surface area contributed by atoms with E-state index in [2.05, 4.69) is 20.5 Å². The van der Waals surface area contributed by atoms with Crippen LogP contribution in [0.15, 0.2) is 67.3 Å². The van der Waals surface area contributed by atoms with E-state index in [1.54, 1.807) is 33.9 Å². The van der Waals surface area contributed by atoms with E-state index in [4.69, 9.17) is 0 Å². The highest BCUT2D eigenvalue weighted by Gasteiger charge is 2.27. The molecule has 8 nitrogen and oxygen atoms in total. The van der Waals surface area contributed by atoms with Gasteiger partial charge in [-0.15, -0.1) is 0 Å². The van der Waals surface area contributed by atoms with Crippen LogP contribution < -0.4 is 5.32 Å². The SMILES string of the molecule is O=C(Nc1cnn(Cc2cn3ccccc3n2)c1)c1nn(-c2ccc(F)cc2)c2c1CCC2. The minimum atomic E-state index is -0.304. The van der Waals surface area contributed by atoms with E-state index in [1.807, 2.05) is 35.0 Å². The van der Waals surface area contributed by atoms with Gasteiger partial charge in [0.05, 0.1) is 29.8 Å². The van der Waals surface area contributed by atoms with E-state index in [1.165, 1.54) is 12.1 Å². The lowest BCUT2D eigenvalue weighted by molar-refractivity contribution is 0.102. The first-order valence-corrected chi connectivity index (χ1v) is 10.8. The van der Waals surface area contributed by atoms with E-state index in [9.17, 15) is 9.18 Å². The van der Waals surface area contributed by atoms with E-state index in [0.29, 0.717) is 17.9 Å². The fourth-order valence-electron chi connectivity index (χ4n) is 4.35. The van der Waals surface area contributed by atoms with Crippen molar-refractivity contribution in [2.45, 2.75) is 25.8 Å². The first-order chi connectivity index (χ1) is 16.1. The molecule has 4 aromatic heterocycles. The summed E-state index contributed by atoms with van der Waals surface area (Å²) in [7, 11) is 0. The molecule has 0 saturated heterocycles. The van der Waals surface area contributed by atoms with Crippen molar-refractivity contribution in [1.29, 1.82) is 0 Å². The third kappa shape index (κ3) is 3.57. The van der Waals surface area contributed by atoms with Crippen LogP contribution in [0.4, 0.5) is 10.1 Å². The molecule has 4 heterocycles. The summed E-state index contributed by atoms with van der Waals surface area (Å²) >= 11 is 0. The van der Waals surface area contributed by atoms with Crippen LogP contribution in [0.3, 0.4) is 0 Å². The number of carbonyl (C=O) groups excluding carboxylic acids is 1. The maximum Gasteiger partial charge on any atom is 0.276 e. The number of aromatic nitrogens is 6. The number of benzene rings is 1. The van der Waals surface area contributed by atoms with Gasteiger partial charge in [-0.05, 0) is 55.7 Å². The first kappa shape index (κ1) is 19.4. The molecule has 1 amide bonds. The highest BCUT2D eigenvalue weighted by Crippen LogP contribution is 2.28. The summed E-state index contributed by atoms with van der Waals surface area (Å²) < 4.78 is 18.8. The molecule has 0 saturated carbocycles. The summed E-state index contributed by atoms with van der Waals surface area (Å²) in [5.74, 6) is -0.581. The topological polar surface area (TPSA) is 82.0 Å². The lowest BCUT2D eigenvalue weighted by atomic mass is 10.2. The van der Waals surface area contributed by atoms with E-state index in [-0.39, 0.29) is 11.7 Å². The van der Waals surface area contributed by atoms with Crippen LogP contribution >= 0.6 is 0 Å². The molecule has 164 valence electrons. The van der Waals surface area contributed by atoms with Gasteiger partial charge in [0, 0.05) is 29.8 Å². The average Bonchev–Trinajstić information content (AvgIpc) is 3.58. The van der Waals surface area contributed by atoms with Crippen LogP contribution in [-0.4, -0.2) is 34.9 Å². The number of fused-ring (bicyclic) bond motifs is 2. The second-order valence-corrected chi connectivity index (χ2v) is 8.09. The minimum absolute atomic E-state index is 0.277. The minimum Gasteiger partial charge on any atom is -0.318 e. The molecule has 1 N–H and O–H groups in total. The summed E-state index contributed by atoms with van der Waals surface area (Å²) in [4.78, 5) is 17.6. The molecular weight excluding hydrogens is 421 g/mol. The number of amides is 1. The Morgan fingerprint density at radius 3 is 2.82 bits per heavy atom. The second-order valence-electron chi connectivity index (χ2n) is 8.09. The Labute approximate surface area is 188 Å². The molecule has 1 aliphatic carbocycles. The monoisotopic (exact) mass is 441 g/mol. The summed E-state index contributed by atoms with van der Waals surface area (Å²) in [5, 5.41) is 11.8. The quantitative estimate of drug-likeness (QED) is 0.451. The van der Waals surface area contributed by atoms with Gasteiger partial charge in [-0.2, -0.15) is 10.2 Å². The van der Waals surface area contributed by atoms with Crippen molar-refractivity contribution >= 4 is 17.2 Å². The number of carbonyl (C=O) groups is 1. The molecule has 1 aliphatic rings. The van der Waals surface area contributed by atoms with Crippen molar-refractivity contribution in [1.82, 2.24) is 28.9 Å². The Balaban J connectivity index is 1.22. The third-order valence-electron chi connectivity index (χ3n) is 5.85. The van der Waals surface area contributed by atoms with Gasteiger partial charge in [0.1, 0.15) is 11.5 Å². The summed E-state index contributed by atoms with van der Waals surface area (Å²) in [5.41, 5.74) is 5.45. The largest absolute Gasteiger partial charge is 0.318 e. The maximum absolute atomic E-state index is 13.3. The number of hydrogen-bond donors (Lipinski definition) is 1. The Hall–Kier alpha value is -4.27. The molecule has 5 aromatic rings. The summed E-state index contributed by atoms with van der Waals surface area (Å²) in [6.45, 7) is 0.492. The molecule has 0 unspecified atom stereocenters. The zero-order valence-electron chi connectivity index (χ0n) is 17.6. The Bertz CT molecular complexity index is 1450.